The molecule has 1 saturated carbocycles. The Morgan fingerprint density at radius 1 is 1.47 bits per heavy atom. The van der Waals surface area contributed by atoms with Crippen molar-refractivity contribution in [3.05, 3.63) is 5.82 Å². The molecule has 0 aromatic carbocycles. The van der Waals surface area contributed by atoms with Crippen LogP contribution in [0.3, 0.4) is 0 Å². The average molecular weight is 271 g/mol. The van der Waals surface area contributed by atoms with Gasteiger partial charge in [0.25, 0.3) is 0 Å². The zero-order valence-electron chi connectivity index (χ0n) is 10.6. The molecular formula is C12H21N3S2. The van der Waals surface area contributed by atoms with Crippen LogP contribution >= 0.6 is 23.3 Å². The molecule has 3 nitrogen and oxygen atoms in total. The van der Waals surface area contributed by atoms with Gasteiger partial charge in [0.15, 0.2) is 4.34 Å². The predicted octanol–water partition coefficient (Wildman–Crippen LogP) is 3.11. The van der Waals surface area contributed by atoms with Crippen molar-refractivity contribution < 1.29 is 0 Å². The molecule has 0 saturated heterocycles. The maximum Gasteiger partial charge on any atom is 0.170 e. The molecule has 1 aliphatic rings. The second-order valence-corrected chi connectivity index (χ2v) is 6.69. The van der Waals surface area contributed by atoms with Gasteiger partial charge in [0, 0.05) is 11.8 Å². The summed E-state index contributed by atoms with van der Waals surface area (Å²) in [6, 6.07) is 0.761. The summed E-state index contributed by atoms with van der Waals surface area (Å²) in [5.41, 5.74) is 0. The van der Waals surface area contributed by atoms with Crippen molar-refractivity contribution in [1.29, 1.82) is 0 Å². The minimum Gasteiger partial charge on any atom is -0.314 e. The van der Waals surface area contributed by atoms with Crippen molar-refractivity contribution >= 4 is 23.3 Å². The number of nitrogens with zero attached hydrogens (tertiary/aromatic N) is 2. The smallest absolute Gasteiger partial charge is 0.170 e. The highest BCUT2D eigenvalue weighted by Gasteiger charge is 2.25. The molecule has 2 atom stereocenters. The first-order valence-corrected chi connectivity index (χ1v) is 8.22. The molecule has 2 rings (SSSR count). The molecule has 0 spiro atoms. The third kappa shape index (κ3) is 3.93. The summed E-state index contributed by atoms with van der Waals surface area (Å²) in [6.07, 6.45) is 5.46. The molecule has 1 N–H and O–H groups in total. The number of thioether (sulfide) groups is 1. The van der Waals surface area contributed by atoms with Crippen LogP contribution in [0.2, 0.25) is 0 Å². The van der Waals surface area contributed by atoms with E-state index < -0.39 is 0 Å². The summed E-state index contributed by atoms with van der Waals surface area (Å²) in [7, 11) is 0. The van der Waals surface area contributed by atoms with E-state index in [-0.39, 0.29) is 0 Å². The molecular weight excluding hydrogens is 250 g/mol. The number of aryl methyl sites for hydroxylation is 1. The molecule has 2 unspecified atom stereocenters. The quantitative estimate of drug-likeness (QED) is 0.807. The first kappa shape index (κ1) is 13.3. The zero-order valence-corrected chi connectivity index (χ0v) is 12.2. The van der Waals surface area contributed by atoms with Crippen molar-refractivity contribution in [1.82, 2.24) is 14.7 Å². The molecule has 96 valence electrons. The highest BCUT2D eigenvalue weighted by atomic mass is 32.2. The normalized spacial score (nSPS) is 24.4. The third-order valence-corrected chi connectivity index (χ3v) is 5.31. The first-order chi connectivity index (χ1) is 8.29. The standard InChI is InChI=1S/C12H21N3S2/c1-3-13-11-6-4-5-10(11)7-8-16-12-14-9(2)15-17-12/h10-11,13H,3-8H2,1-2H3. The van der Waals surface area contributed by atoms with E-state index in [1.807, 2.05) is 18.7 Å². The van der Waals surface area contributed by atoms with Crippen LogP contribution in [0.25, 0.3) is 0 Å². The van der Waals surface area contributed by atoms with Crippen molar-refractivity contribution in [2.75, 3.05) is 12.3 Å². The van der Waals surface area contributed by atoms with Gasteiger partial charge >= 0.3 is 0 Å². The topological polar surface area (TPSA) is 37.8 Å². The second-order valence-electron chi connectivity index (χ2n) is 4.60. The number of hydrogen-bond donors (Lipinski definition) is 1. The summed E-state index contributed by atoms with van der Waals surface area (Å²) in [6.45, 7) is 5.26. The van der Waals surface area contributed by atoms with Gasteiger partial charge in [-0.3, -0.25) is 0 Å². The van der Waals surface area contributed by atoms with Crippen LogP contribution in [0.15, 0.2) is 4.34 Å². The van der Waals surface area contributed by atoms with E-state index >= 15 is 0 Å². The molecule has 0 bridgehead atoms. The summed E-state index contributed by atoms with van der Waals surface area (Å²) in [4.78, 5) is 4.38. The van der Waals surface area contributed by atoms with Crippen LogP contribution in [0.4, 0.5) is 0 Å². The maximum absolute atomic E-state index is 4.38. The number of aromatic nitrogens is 2. The zero-order chi connectivity index (χ0) is 12.1. The van der Waals surface area contributed by atoms with E-state index in [1.54, 1.807) is 0 Å². The molecule has 1 fully saturated rings. The SMILES string of the molecule is CCNC1CCCC1CCSc1nc(C)ns1. The van der Waals surface area contributed by atoms with Crippen LogP contribution in [0.5, 0.6) is 0 Å². The molecule has 1 aromatic rings. The van der Waals surface area contributed by atoms with E-state index in [4.69, 9.17) is 0 Å². The molecule has 1 aromatic heterocycles. The van der Waals surface area contributed by atoms with Crippen molar-refractivity contribution in [2.24, 2.45) is 5.92 Å². The van der Waals surface area contributed by atoms with Crippen LogP contribution in [-0.4, -0.2) is 27.7 Å². The lowest BCUT2D eigenvalue weighted by Crippen LogP contribution is -2.32. The summed E-state index contributed by atoms with van der Waals surface area (Å²) in [5.74, 6) is 2.96. The molecule has 0 aliphatic heterocycles. The largest absolute Gasteiger partial charge is 0.314 e. The van der Waals surface area contributed by atoms with Gasteiger partial charge in [-0.25, -0.2) is 4.98 Å². The van der Waals surface area contributed by atoms with Crippen molar-refractivity contribution in [2.45, 2.75) is 49.9 Å². The second kappa shape index (κ2) is 6.71. The number of rotatable bonds is 6. The van der Waals surface area contributed by atoms with E-state index in [0.29, 0.717) is 0 Å². The highest BCUT2D eigenvalue weighted by Crippen LogP contribution is 2.31. The fourth-order valence-electron chi connectivity index (χ4n) is 2.55. The van der Waals surface area contributed by atoms with E-state index in [2.05, 4.69) is 21.6 Å². The van der Waals surface area contributed by atoms with Gasteiger partial charge in [0.1, 0.15) is 5.82 Å². The van der Waals surface area contributed by atoms with Crippen LogP contribution in [-0.2, 0) is 0 Å². The maximum atomic E-state index is 4.38. The highest BCUT2D eigenvalue weighted by molar-refractivity contribution is 8.00. The molecule has 1 aliphatic carbocycles. The molecule has 17 heavy (non-hydrogen) atoms. The van der Waals surface area contributed by atoms with Crippen molar-refractivity contribution in [3.63, 3.8) is 0 Å². The van der Waals surface area contributed by atoms with E-state index in [0.717, 1.165) is 28.7 Å². The molecule has 1 heterocycles. The summed E-state index contributed by atoms with van der Waals surface area (Å²) >= 11 is 3.39. The fourth-order valence-corrected chi connectivity index (χ4v) is 4.34. The van der Waals surface area contributed by atoms with Gasteiger partial charge in [-0.2, -0.15) is 4.37 Å². The lowest BCUT2D eigenvalue weighted by atomic mass is 10.0. The Balaban J connectivity index is 1.70. The Bertz CT molecular complexity index is 340. The number of hydrogen-bond acceptors (Lipinski definition) is 5. The molecule has 5 heteroatoms. The van der Waals surface area contributed by atoms with Gasteiger partial charge in [-0.15, -0.1) is 0 Å². The third-order valence-electron chi connectivity index (χ3n) is 3.35. The monoisotopic (exact) mass is 271 g/mol. The Morgan fingerprint density at radius 3 is 3.06 bits per heavy atom. The first-order valence-electron chi connectivity index (χ1n) is 6.46. The van der Waals surface area contributed by atoms with Gasteiger partial charge in [0.05, 0.1) is 0 Å². The minimum atomic E-state index is 0.761. The van der Waals surface area contributed by atoms with Gasteiger partial charge in [-0.1, -0.05) is 25.1 Å². The van der Waals surface area contributed by atoms with Crippen molar-refractivity contribution in [3.8, 4) is 0 Å². The predicted molar refractivity (Wildman–Crippen MR) is 74.8 cm³/mol. The van der Waals surface area contributed by atoms with Gasteiger partial charge in [0.2, 0.25) is 0 Å². The Kier molecular flexibility index (Phi) is 5.25. The van der Waals surface area contributed by atoms with Crippen LogP contribution in [0.1, 0.15) is 38.4 Å². The van der Waals surface area contributed by atoms with E-state index in [1.165, 1.54) is 43.0 Å². The van der Waals surface area contributed by atoms with E-state index in [9.17, 15) is 0 Å². The Morgan fingerprint density at radius 2 is 2.35 bits per heavy atom. The fraction of sp³-hybridized carbons (Fsp3) is 0.833. The number of nitrogens with one attached hydrogen (secondary N) is 1. The van der Waals surface area contributed by atoms with Gasteiger partial charge < -0.3 is 5.32 Å². The Hall–Kier alpha value is -0.130. The van der Waals surface area contributed by atoms with Crippen LogP contribution in [0, 0.1) is 12.8 Å². The summed E-state index contributed by atoms with van der Waals surface area (Å²) in [5, 5.41) is 3.61. The molecule has 0 radical (unpaired) electrons. The lowest BCUT2D eigenvalue weighted by molar-refractivity contribution is 0.400. The summed E-state index contributed by atoms with van der Waals surface area (Å²) < 4.78 is 5.33. The lowest BCUT2D eigenvalue weighted by Gasteiger charge is -2.19. The average Bonchev–Trinajstić information content (AvgIpc) is 2.90. The van der Waals surface area contributed by atoms with Crippen LogP contribution < -0.4 is 5.32 Å². The molecule has 0 amide bonds. The Labute approximate surface area is 112 Å². The minimum absolute atomic E-state index is 0.761. The van der Waals surface area contributed by atoms with Gasteiger partial charge in [-0.05, 0) is 50.2 Å².